The minimum atomic E-state index is -4.62. The summed E-state index contributed by atoms with van der Waals surface area (Å²) in [4.78, 5) is 26.6. The predicted octanol–water partition coefficient (Wildman–Crippen LogP) is 2.20. The minimum absolute atomic E-state index is 0.0225. The van der Waals surface area contributed by atoms with E-state index in [1.54, 1.807) is 6.92 Å². The van der Waals surface area contributed by atoms with Gasteiger partial charge in [-0.25, -0.2) is 8.42 Å². The molecule has 0 bridgehead atoms. The number of hydrogen-bond donors (Lipinski definition) is 2. The third-order valence-electron chi connectivity index (χ3n) is 6.81. The SMILES string of the molecule is CCOC(=O)[C@H]1CC[C@@H](N2CC(NC(=O)CNc3nn(S(C)(=O)=O)c4ccc(C(F)(F)F)cc34)C2)CC1. The number of nitrogens with zero attached hydrogens (tertiary/aromatic N) is 3. The molecule has 10 nitrogen and oxygen atoms in total. The summed E-state index contributed by atoms with van der Waals surface area (Å²) in [5.41, 5.74) is -0.975. The highest BCUT2D eigenvalue weighted by Gasteiger charge is 2.37. The van der Waals surface area contributed by atoms with Gasteiger partial charge in [0.1, 0.15) is 0 Å². The summed E-state index contributed by atoms with van der Waals surface area (Å²) in [6, 6.07) is 2.92. The van der Waals surface area contributed by atoms with Gasteiger partial charge in [-0.2, -0.15) is 17.3 Å². The van der Waals surface area contributed by atoms with Crippen molar-refractivity contribution in [1.82, 2.24) is 19.4 Å². The molecule has 1 saturated carbocycles. The second-order valence-corrected chi connectivity index (χ2v) is 11.3. The molecule has 1 amide bonds. The first kappa shape index (κ1) is 27.2. The van der Waals surface area contributed by atoms with Crippen LogP contribution in [-0.2, 0) is 30.5 Å². The fourth-order valence-corrected chi connectivity index (χ4v) is 5.68. The van der Waals surface area contributed by atoms with Crippen molar-refractivity contribution in [2.24, 2.45) is 5.92 Å². The van der Waals surface area contributed by atoms with Gasteiger partial charge in [0.15, 0.2) is 5.82 Å². The molecule has 2 fully saturated rings. The highest BCUT2D eigenvalue weighted by atomic mass is 32.2. The molecular formula is C23H30F3N5O5S. The number of amides is 1. The molecule has 0 unspecified atom stereocenters. The van der Waals surface area contributed by atoms with Crippen molar-refractivity contribution >= 4 is 38.6 Å². The predicted molar refractivity (Wildman–Crippen MR) is 129 cm³/mol. The van der Waals surface area contributed by atoms with Crippen molar-refractivity contribution in [2.75, 3.05) is 37.8 Å². The van der Waals surface area contributed by atoms with Crippen LogP contribution in [0.15, 0.2) is 18.2 Å². The van der Waals surface area contributed by atoms with Crippen LogP contribution in [0.3, 0.4) is 0 Å². The first-order chi connectivity index (χ1) is 17.4. The van der Waals surface area contributed by atoms with Crippen LogP contribution in [0.5, 0.6) is 0 Å². The van der Waals surface area contributed by atoms with E-state index in [1.807, 2.05) is 0 Å². The summed E-state index contributed by atoms with van der Waals surface area (Å²) in [6.07, 6.45) is -0.386. The lowest BCUT2D eigenvalue weighted by Gasteiger charge is -2.46. The maximum absolute atomic E-state index is 13.2. The van der Waals surface area contributed by atoms with E-state index in [9.17, 15) is 31.2 Å². The van der Waals surface area contributed by atoms with Crippen LogP contribution in [0.25, 0.3) is 10.9 Å². The van der Waals surface area contributed by atoms with Gasteiger partial charge in [0.2, 0.25) is 5.91 Å². The number of nitrogens with one attached hydrogen (secondary N) is 2. The zero-order valence-electron chi connectivity index (χ0n) is 20.5. The van der Waals surface area contributed by atoms with E-state index >= 15 is 0 Å². The molecule has 37 heavy (non-hydrogen) atoms. The summed E-state index contributed by atoms with van der Waals surface area (Å²) in [5, 5.41) is 9.40. The second kappa shape index (κ2) is 10.5. The Morgan fingerprint density at radius 1 is 1.16 bits per heavy atom. The number of anilines is 1. The molecule has 1 aromatic heterocycles. The lowest BCUT2D eigenvalue weighted by Crippen LogP contribution is -2.63. The molecule has 0 atom stereocenters. The van der Waals surface area contributed by atoms with Gasteiger partial charge in [0, 0.05) is 24.5 Å². The monoisotopic (exact) mass is 545 g/mol. The molecule has 2 aliphatic rings. The second-order valence-electron chi connectivity index (χ2n) is 9.51. The average Bonchev–Trinajstić information content (AvgIpc) is 3.18. The molecule has 2 aromatic rings. The molecule has 0 spiro atoms. The van der Waals surface area contributed by atoms with Crippen LogP contribution in [0.1, 0.15) is 38.2 Å². The van der Waals surface area contributed by atoms with Crippen LogP contribution in [0, 0.1) is 5.92 Å². The van der Waals surface area contributed by atoms with Gasteiger partial charge >= 0.3 is 12.1 Å². The number of carbonyl (C=O) groups is 2. The molecule has 1 aliphatic heterocycles. The smallest absolute Gasteiger partial charge is 0.416 e. The number of hydrogen-bond acceptors (Lipinski definition) is 8. The van der Waals surface area contributed by atoms with Crippen LogP contribution < -0.4 is 10.6 Å². The number of benzene rings is 1. The van der Waals surface area contributed by atoms with Crippen molar-refractivity contribution in [3.8, 4) is 0 Å². The van der Waals surface area contributed by atoms with Gasteiger partial charge in [0.05, 0.1) is 42.4 Å². The van der Waals surface area contributed by atoms with Crippen molar-refractivity contribution in [2.45, 2.75) is 50.9 Å². The largest absolute Gasteiger partial charge is 0.466 e. The van der Waals surface area contributed by atoms with E-state index in [2.05, 4.69) is 20.6 Å². The Hall–Kier alpha value is -2.87. The van der Waals surface area contributed by atoms with E-state index in [4.69, 9.17) is 4.74 Å². The Bertz CT molecular complexity index is 1270. The number of carbonyl (C=O) groups excluding carboxylic acids is 2. The summed E-state index contributed by atoms with van der Waals surface area (Å²) in [6.45, 7) is 3.22. The van der Waals surface area contributed by atoms with Crippen molar-refractivity contribution < 1.29 is 35.9 Å². The van der Waals surface area contributed by atoms with Gasteiger partial charge in [-0.15, -0.1) is 5.10 Å². The first-order valence-corrected chi connectivity index (χ1v) is 14.0. The third kappa shape index (κ3) is 6.17. The molecule has 0 radical (unpaired) electrons. The molecule has 4 rings (SSSR count). The lowest BCUT2D eigenvalue weighted by atomic mass is 9.84. The van der Waals surface area contributed by atoms with Gasteiger partial charge in [-0.05, 0) is 50.8 Å². The summed E-state index contributed by atoms with van der Waals surface area (Å²) in [7, 11) is -3.88. The van der Waals surface area contributed by atoms with Crippen molar-refractivity contribution in [3.05, 3.63) is 23.8 Å². The van der Waals surface area contributed by atoms with E-state index < -0.39 is 21.8 Å². The normalized spacial score (nSPS) is 21.4. The maximum Gasteiger partial charge on any atom is 0.416 e. The number of ether oxygens (including phenoxy) is 1. The topological polar surface area (TPSA) is 123 Å². The van der Waals surface area contributed by atoms with Crippen LogP contribution in [0.2, 0.25) is 0 Å². The molecule has 1 saturated heterocycles. The quantitative estimate of drug-likeness (QED) is 0.484. The third-order valence-corrected chi connectivity index (χ3v) is 7.72. The molecule has 1 aliphatic carbocycles. The van der Waals surface area contributed by atoms with E-state index in [0.29, 0.717) is 29.8 Å². The lowest BCUT2D eigenvalue weighted by molar-refractivity contribution is -0.149. The van der Waals surface area contributed by atoms with Crippen LogP contribution >= 0.6 is 0 Å². The summed E-state index contributed by atoms with van der Waals surface area (Å²) in [5.74, 6) is -0.695. The maximum atomic E-state index is 13.2. The van der Waals surface area contributed by atoms with E-state index in [1.165, 1.54) is 0 Å². The highest BCUT2D eigenvalue weighted by Crippen LogP contribution is 2.34. The Kier molecular flexibility index (Phi) is 7.70. The van der Waals surface area contributed by atoms with Gasteiger partial charge in [-0.1, -0.05) is 0 Å². The number of fused-ring (bicyclic) bond motifs is 1. The van der Waals surface area contributed by atoms with Gasteiger partial charge in [-0.3, -0.25) is 14.5 Å². The number of likely N-dealkylation sites (tertiary alicyclic amines) is 1. The Morgan fingerprint density at radius 2 is 1.84 bits per heavy atom. The van der Waals surface area contributed by atoms with E-state index in [0.717, 1.165) is 50.1 Å². The number of rotatable bonds is 8. The molecule has 2 N–H and O–H groups in total. The fraction of sp³-hybridized carbons (Fsp3) is 0.609. The molecular weight excluding hydrogens is 515 g/mol. The number of alkyl halides is 3. The Labute approximate surface area is 212 Å². The molecule has 204 valence electrons. The minimum Gasteiger partial charge on any atom is -0.466 e. The van der Waals surface area contributed by atoms with Gasteiger partial charge < -0.3 is 15.4 Å². The zero-order chi connectivity index (χ0) is 27.0. The van der Waals surface area contributed by atoms with Crippen LogP contribution in [0.4, 0.5) is 19.0 Å². The summed E-state index contributed by atoms with van der Waals surface area (Å²) < 4.78 is 69.4. The van der Waals surface area contributed by atoms with Crippen molar-refractivity contribution in [1.29, 1.82) is 0 Å². The number of aromatic nitrogens is 2. The summed E-state index contributed by atoms with van der Waals surface area (Å²) >= 11 is 0. The Morgan fingerprint density at radius 3 is 2.43 bits per heavy atom. The number of halogens is 3. The Balaban J connectivity index is 1.31. The van der Waals surface area contributed by atoms with Gasteiger partial charge in [0.25, 0.3) is 10.0 Å². The number of esters is 1. The first-order valence-electron chi connectivity index (χ1n) is 12.1. The van der Waals surface area contributed by atoms with Crippen LogP contribution in [-0.4, -0.2) is 79.0 Å². The molecule has 2 heterocycles. The van der Waals surface area contributed by atoms with Crippen molar-refractivity contribution in [3.63, 3.8) is 0 Å². The zero-order valence-corrected chi connectivity index (χ0v) is 21.4. The molecule has 14 heteroatoms. The standard InChI is InChI=1S/C23H30F3N5O5S/c1-3-36-22(33)14-4-7-17(8-5-14)30-12-16(13-30)28-20(32)11-27-21-18-10-15(23(24,25)26)6-9-19(18)31(29-21)37(2,34)35/h6,9-10,14,16-17H,3-5,7-8,11-13H2,1-2H3,(H,27,29)(H,28,32)/t14-,17+. The highest BCUT2D eigenvalue weighted by molar-refractivity contribution is 7.89. The average molecular weight is 546 g/mol. The van der Waals surface area contributed by atoms with E-state index in [-0.39, 0.29) is 47.1 Å². The fourth-order valence-electron chi connectivity index (χ4n) is 4.93. The molecule has 1 aromatic carbocycles.